The van der Waals surface area contributed by atoms with Crippen LogP contribution in [0.5, 0.6) is 0 Å². The van der Waals surface area contributed by atoms with Gasteiger partial charge in [-0.3, -0.25) is 24.1 Å². The van der Waals surface area contributed by atoms with E-state index in [1.165, 1.54) is 4.90 Å². The largest absolute Gasteiger partial charge is 0.388 e. The summed E-state index contributed by atoms with van der Waals surface area (Å²) >= 11 is 3.64. The second kappa shape index (κ2) is 22.5. The highest BCUT2D eigenvalue weighted by atomic mass is 32.1. The van der Waals surface area contributed by atoms with Crippen LogP contribution in [0, 0.1) is 0 Å². The predicted molar refractivity (Wildman–Crippen MR) is 150 cm³/mol. The van der Waals surface area contributed by atoms with Gasteiger partial charge in [-0.25, -0.2) is 0 Å². The van der Waals surface area contributed by atoms with Crippen molar-refractivity contribution in [3.63, 3.8) is 0 Å². The molecule has 2 aliphatic heterocycles. The van der Waals surface area contributed by atoms with Crippen LogP contribution in [0.25, 0.3) is 0 Å². The summed E-state index contributed by atoms with van der Waals surface area (Å²) in [4.78, 5) is 49.9. The third-order valence-corrected chi connectivity index (χ3v) is 6.04. The Morgan fingerprint density at radius 1 is 0.756 bits per heavy atom. The van der Waals surface area contributed by atoms with Crippen LogP contribution < -0.4 is 20.7 Å². The highest BCUT2D eigenvalue weighted by molar-refractivity contribution is 7.78. The molecule has 0 radical (unpaired) electrons. The van der Waals surface area contributed by atoms with Gasteiger partial charge in [-0.1, -0.05) is 26.7 Å². The highest BCUT2D eigenvalue weighted by Gasteiger charge is 2.25. The van der Waals surface area contributed by atoms with E-state index in [-0.39, 0.29) is 64.8 Å². The molecule has 238 valence electrons. The van der Waals surface area contributed by atoms with Gasteiger partial charge in [-0.2, -0.15) is 0 Å². The van der Waals surface area contributed by atoms with E-state index in [0.717, 1.165) is 12.8 Å². The molecule has 2 aliphatic rings. The molecule has 0 aromatic carbocycles. The fourth-order valence-corrected chi connectivity index (χ4v) is 3.96. The SMILES string of the molecule is CC.O=C(CCNC(=O)CN(CC(=O)NCCOC1OCCCC1O)CC(=O)NCCOC1OCCCC1O)NS. The average Bonchev–Trinajstić information content (AvgIpc) is 2.96. The minimum absolute atomic E-state index is 0.0228. The first-order valence-electron chi connectivity index (χ1n) is 14.1. The molecule has 4 unspecified atom stereocenters. The zero-order chi connectivity index (χ0) is 30.5. The van der Waals surface area contributed by atoms with Crippen LogP contribution in [0.1, 0.15) is 46.0 Å². The molecule has 2 rings (SSSR count). The molecule has 0 aliphatic carbocycles. The lowest BCUT2D eigenvalue weighted by molar-refractivity contribution is -0.213. The van der Waals surface area contributed by atoms with Crippen molar-refractivity contribution < 1.29 is 48.3 Å². The van der Waals surface area contributed by atoms with Gasteiger partial charge in [0, 0.05) is 39.3 Å². The van der Waals surface area contributed by atoms with E-state index < -0.39 is 42.5 Å². The molecule has 15 nitrogen and oxygen atoms in total. The Morgan fingerprint density at radius 2 is 1.17 bits per heavy atom. The number of nitrogens with zero attached hydrogens (tertiary/aromatic N) is 1. The number of aliphatic hydroxyl groups excluding tert-OH is 2. The topological polar surface area (TPSA) is 197 Å². The molecule has 2 saturated heterocycles. The Bertz CT molecular complexity index is 737. The van der Waals surface area contributed by atoms with Crippen molar-refractivity contribution in [2.75, 3.05) is 65.7 Å². The zero-order valence-corrected chi connectivity index (χ0v) is 24.9. The van der Waals surface area contributed by atoms with Gasteiger partial charge in [0.05, 0.1) is 32.8 Å². The van der Waals surface area contributed by atoms with Gasteiger partial charge in [0.15, 0.2) is 12.6 Å². The summed E-state index contributed by atoms with van der Waals surface area (Å²) in [5.41, 5.74) is 0. The lowest BCUT2D eigenvalue weighted by Gasteiger charge is -2.28. The van der Waals surface area contributed by atoms with Crippen LogP contribution in [0.3, 0.4) is 0 Å². The summed E-state index contributed by atoms with van der Waals surface area (Å²) in [6.07, 6.45) is -0.213. The van der Waals surface area contributed by atoms with Gasteiger partial charge in [0.1, 0.15) is 12.2 Å². The smallest absolute Gasteiger partial charge is 0.234 e. The summed E-state index contributed by atoms with van der Waals surface area (Å²) in [7, 11) is 0. The molecule has 0 aromatic rings. The first-order chi connectivity index (χ1) is 19.8. The Morgan fingerprint density at radius 3 is 1.56 bits per heavy atom. The van der Waals surface area contributed by atoms with Crippen molar-refractivity contribution in [3.8, 4) is 0 Å². The number of carbonyl (C=O) groups excluding carboxylic acids is 4. The van der Waals surface area contributed by atoms with E-state index in [4.69, 9.17) is 18.9 Å². The van der Waals surface area contributed by atoms with E-state index in [0.29, 0.717) is 26.1 Å². The van der Waals surface area contributed by atoms with E-state index in [9.17, 15) is 29.4 Å². The van der Waals surface area contributed by atoms with Crippen LogP contribution in [-0.4, -0.2) is 129 Å². The van der Waals surface area contributed by atoms with Gasteiger partial charge in [0.2, 0.25) is 23.6 Å². The number of hydrogen-bond acceptors (Lipinski definition) is 12. The minimum Gasteiger partial charge on any atom is -0.388 e. The van der Waals surface area contributed by atoms with Crippen molar-refractivity contribution in [2.24, 2.45) is 0 Å². The molecule has 0 saturated carbocycles. The van der Waals surface area contributed by atoms with Gasteiger partial charge >= 0.3 is 0 Å². The summed E-state index contributed by atoms with van der Waals surface area (Å²) in [5, 5.41) is 27.6. The van der Waals surface area contributed by atoms with E-state index in [1.54, 1.807) is 0 Å². The fourth-order valence-electron chi connectivity index (χ4n) is 3.84. The zero-order valence-electron chi connectivity index (χ0n) is 24.0. The third-order valence-electron chi connectivity index (χ3n) is 5.79. The number of carbonyl (C=O) groups is 4. The lowest BCUT2D eigenvalue weighted by Crippen LogP contribution is -2.48. The molecule has 16 heteroatoms. The number of thiol groups is 1. The third kappa shape index (κ3) is 16.9. The lowest BCUT2D eigenvalue weighted by atomic mass is 10.1. The van der Waals surface area contributed by atoms with Crippen LogP contribution in [0.4, 0.5) is 0 Å². The van der Waals surface area contributed by atoms with Gasteiger partial charge in [-0.15, -0.1) is 0 Å². The Hall–Kier alpha value is -2.05. The molecule has 6 N–H and O–H groups in total. The number of amides is 4. The fraction of sp³-hybridized carbons (Fsp3) is 0.840. The molecule has 0 bridgehead atoms. The van der Waals surface area contributed by atoms with E-state index >= 15 is 0 Å². The summed E-state index contributed by atoms with van der Waals surface area (Å²) in [5.74, 6) is -1.71. The normalized spacial score (nSPS) is 22.2. The molecular formula is C25H47N5O10S. The number of rotatable bonds is 17. The summed E-state index contributed by atoms with van der Waals surface area (Å²) in [6, 6.07) is 0. The van der Waals surface area contributed by atoms with Crippen LogP contribution in [0.15, 0.2) is 0 Å². The quantitative estimate of drug-likeness (QED) is 0.0714. The van der Waals surface area contributed by atoms with Crippen molar-refractivity contribution >= 4 is 36.4 Å². The van der Waals surface area contributed by atoms with Crippen LogP contribution in [-0.2, 0) is 38.1 Å². The summed E-state index contributed by atoms with van der Waals surface area (Å²) in [6.45, 7) is 4.80. The molecule has 4 atom stereocenters. The van der Waals surface area contributed by atoms with Gasteiger partial charge < -0.3 is 49.8 Å². The average molecular weight is 610 g/mol. The van der Waals surface area contributed by atoms with Crippen molar-refractivity contribution in [2.45, 2.75) is 70.7 Å². The summed E-state index contributed by atoms with van der Waals surface area (Å²) < 4.78 is 23.7. The highest BCUT2D eigenvalue weighted by Crippen LogP contribution is 2.15. The monoisotopic (exact) mass is 609 g/mol. The molecule has 2 fully saturated rings. The minimum atomic E-state index is -0.735. The Labute approximate surface area is 246 Å². The van der Waals surface area contributed by atoms with E-state index in [2.05, 4.69) is 33.5 Å². The number of aliphatic hydroxyl groups is 2. The maximum atomic E-state index is 12.5. The molecule has 0 aromatic heterocycles. The van der Waals surface area contributed by atoms with Crippen molar-refractivity contribution in [3.05, 3.63) is 0 Å². The van der Waals surface area contributed by atoms with Crippen LogP contribution >= 0.6 is 12.8 Å². The van der Waals surface area contributed by atoms with Crippen molar-refractivity contribution in [1.82, 2.24) is 25.6 Å². The number of hydrogen-bond donors (Lipinski definition) is 7. The maximum absolute atomic E-state index is 12.5. The molecule has 41 heavy (non-hydrogen) atoms. The van der Waals surface area contributed by atoms with Gasteiger partial charge in [-0.05, 0) is 25.7 Å². The number of nitrogens with one attached hydrogen (secondary N) is 4. The van der Waals surface area contributed by atoms with Crippen molar-refractivity contribution in [1.29, 1.82) is 0 Å². The molecular weight excluding hydrogens is 562 g/mol. The first-order valence-corrected chi connectivity index (χ1v) is 14.5. The second-order valence-electron chi connectivity index (χ2n) is 9.12. The van der Waals surface area contributed by atoms with Crippen LogP contribution in [0.2, 0.25) is 0 Å². The first kappa shape index (κ1) is 37.0. The molecule has 4 amide bonds. The Kier molecular flexibility index (Phi) is 20.3. The van der Waals surface area contributed by atoms with E-state index in [1.807, 2.05) is 13.8 Å². The van der Waals surface area contributed by atoms with Gasteiger partial charge in [0.25, 0.3) is 0 Å². The maximum Gasteiger partial charge on any atom is 0.234 e. The number of ether oxygens (including phenoxy) is 4. The molecule has 0 spiro atoms. The Balaban J connectivity index is 0.00000411. The standard InChI is InChI=1S/C23H41N5O10S.C2H6/c29-16-3-1-9-35-22(16)37-11-7-25-20(33)14-28(13-19(32)24-6-5-18(31)27-39)15-21(34)26-8-12-38-23-17(30)4-2-10-36-23;1-2/h16-17,22-23,29-30,39H,1-15H2,(H,24,32)(H,25,33)(H,26,34)(H,27,31);1-2H3. The molecule has 2 heterocycles. The second-order valence-corrected chi connectivity index (χ2v) is 9.34. The predicted octanol–water partition coefficient (Wildman–Crippen LogP) is -1.96.